The van der Waals surface area contributed by atoms with Gasteiger partial charge >= 0.3 is 6.03 Å². The van der Waals surface area contributed by atoms with Crippen LogP contribution in [0, 0.1) is 0 Å². The number of nitrogens with one attached hydrogen (secondary N) is 3. The predicted molar refractivity (Wildman–Crippen MR) is 69.5 cm³/mol. The number of rotatable bonds is 6. The van der Waals surface area contributed by atoms with Crippen LogP contribution in [0.15, 0.2) is 18.5 Å². The first-order chi connectivity index (χ1) is 9.54. The molecule has 8 heteroatoms. The number of urea groups is 1. The van der Waals surface area contributed by atoms with Crippen molar-refractivity contribution in [3.8, 4) is 0 Å². The van der Waals surface area contributed by atoms with E-state index in [4.69, 9.17) is 0 Å². The number of nitrogens with zero attached hydrogens (tertiary/aromatic N) is 2. The van der Waals surface area contributed by atoms with Gasteiger partial charge in [0.05, 0.1) is 6.54 Å². The van der Waals surface area contributed by atoms with E-state index in [-0.39, 0.29) is 30.7 Å². The molecule has 0 saturated carbocycles. The SMILES string of the molecule is C[C@H](Cn1cccn1)NC(=O)CC[C@@H]1NC(=O)NC1=O. The van der Waals surface area contributed by atoms with Gasteiger partial charge in [-0.05, 0) is 19.4 Å². The van der Waals surface area contributed by atoms with E-state index in [9.17, 15) is 14.4 Å². The second-order valence-corrected chi connectivity index (χ2v) is 4.75. The van der Waals surface area contributed by atoms with Crippen LogP contribution in [0.25, 0.3) is 0 Å². The quantitative estimate of drug-likeness (QED) is 0.603. The van der Waals surface area contributed by atoms with Crippen molar-refractivity contribution in [1.82, 2.24) is 25.7 Å². The lowest BCUT2D eigenvalue weighted by atomic mass is 10.1. The molecule has 0 bridgehead atoms. The van der Waals surface area contributed by atoms with E-state index in [0.29, 0.717) is 6.54 Å². The Morgan fingerprint density at radius 2 is 2.35 bits per heavy atom. The van der Waals surface area contributed by atoms with Crippen molar-refractivity contribution in [3.05, 3.63) is 18.5 Å². The first-order valence-corrected chi connectivity index (χ1v) is 6.43. The number of amides is 4. The molecular weight excluding hydrogens is 262 g/mol. The molecule has 2 atom stereocenters. The summed E-state index contributed by atoms with van der Waals surface area (Å²) in [7, 11) is 0. The molecule has 0 radical (unpaired) electrons. The van der Waals surface area contributed by atoms with Crippen LogP contribution in [0.1, 0.15) is 19.8 Å². The fraction of sp³-hybridized carbons (Fsp3) is 0.500. The molecule has 3 N–H and O–H groups in total. The number of hydrogen-bond acceptors (Lipinski definition) is 4. The van der Waals surface area contributed by atoms with E-state index in [0.717, 1.165) is 0 Å². The summed E-state index contributed by atoms with van der Waals surface area (Å²) in [6, 6.07) is 0.632. The summed E-state index contributed by atoms with van der Waals surface area (Å²) in [5.74, 6) is -0.536. The molecule has 2 heterocycles. The van der Waals surface area contributed by atoms with Crippen molar-refractivity contribution in [2.75, 3.05) is 0 Å². The zero-order chi connectivity index (χ0) is 14.5. The minimum atomic E-state index is -0.616. The summed E-state index contributed by atoms with van der Waals surface area (Å²) < 4.78 is 1.73. The predicted octanol–water partition coefficient (Wildman–Crippen LogP) is -0.624. The van der Waals surface area contributed by atoms with E-state index < -0.39 is 12.1 Å². The normalized spacial score (nSPS) is 19.4. The van der Waals surface area contributed by atoms with Crippen LogP contribution in [-0.4, -0.2) is 39.7 Å². The lowest BCUT2D eigenvalue weighted by Gasteiger charge is -2.14. The van der Waals surface area contributed by atoms with E-state index in [2.05, 4.69) is 21.0 Å². The van der Waals surface area contributed by atoms with Crippen molar-refractivity contribution in [2.24, 2.45) is 0 Å². The molecule has 1 aromatic heterocycles. The van der Waals surface area contributed by atoms with Crippen molar-refractivity contribution >= 4 is 17.8 Å². The fourth-order valence-electron chi connectivity index (χ4n) is 2.02. The number of hydrogen-bond donors (Lipinski definition) is 3. The van der Waals surface area contributed by atoms with Crippen LogP contribution in [0.4, 0.5) is 4.79 Å². The first kappa shape index (κ1) is 14.0. The molecule has 0 unspecified atom stereocenters. The van der Waals surface area contributed by atoms with Gasteiger partial charge in [-0.1, -0.05) is 0 Å². The lowest BCUT2D eigenvalue weighted by molar-refractivity contribution is -0.122. The summed E-state index contributed by atoms with van der Waals surface area (Å²) in [4.78, 5) is 33.9. The monoisotopic (exact) mass is 279 g/mol. The highest BCUT2D eigenvalue weighted by Gasteiger charge is 2.29. The minimum absolute atomic E-state index is 0.0607. The second kappa shape index (κ2) is 6.18. The van der Waals surface area contributed by atoms with Crippen molar-refractivity contribution in [3.63, 3.8) is 0 Å². The molecular formula is C12H17N5O3. The van der Waals surface area contributed by atoms with Gasteiger partial charge in [0, 0.05) is 24.9 Å². The number of imide groups is 1. The van der Waals surface area contributed by atoms with E-state index in [1.54, 1.807) is 10.9 Å². The summed E-state index contributed by atoms with van der Waals surface area (Å²) in [5.41, 5.74) is 0. The zero-order valence-corrected chi connectivity index (χ0v) is 11.1. The van der Waals surface area contributed by atoms with Gasteiger partial charge < -0.3 is 10.6 Å². The molecule has 0 aromatic carbocycles. The third-order valence-electron chi connectivity index (χ3n) is 2.95. The Bertz CT molecular complexity index is 499. The van der Waals surface area contributed by atoms with Crippen LogP contribution >= 0.6 is 0 Å². The first-order valence-electron chi connectivity index (χ1n) is 6.43. The number of carbonyl (C=O) groups excluding carboxylic acids is 3. The molecule has 0 aliphatic carbocycles. The zero-order valence-electron chi connectivity index (χ0n) is 11.1. The highest BCUT2D eigenvalue weighted by molar-refractivity contribution is 6.04. The molecule has 8 nitrogen and oxygen atoms in total. The maximum Gasteiger partial charge on any atom is 0.322 e. The van der Waals surface area contributed by atoms with E-state index >= 15 is 0 Å². The van der Waals surface area contributed by atoms with Crippen LogP contribution in [0.3, 0.4) is 0 Å². The molecule has 1 saturated heterocycles. The molecule has 20 heavy (non-hydrogen) atoms. The molecule has 1 aromatic rings. The van der Waals surface area contributed by atoms with E-state index in [1.807, 2.05) is 19.2 Å². The Labute approximate surface area is 115 Å². The van der Waals surface area contributed by atoms with Gasteiger partial charge in [0.1, 0.15) is 6.04 Å². The highest BCUT2D eigenvalue weighted by Crippen LogP contribution is 2.03. The van der Waals surface area contributed by atoms with Gasteiger partial charge in [0.25, 0.3) is 5.91 Å². The lowest BCUT2D eigenvalue weighted by Crippen LogP contribution is -2.37. The number of carbonyl (C=O) groups is 3. The fourth-order valence-corrected chi connectivity index (χ4v) is 2.02. The van der Waals surface area contributed by atoms with Gasteiger partial charge in [-0.15, -0.1) is 0 Å². The van der Waals surface area contributed by atoms with Crippen LogP contribution in [0.5, 0.6) is 0 Å². The Morgan fingerprint density at radius 1 is 1.55 bits per heavy atom. The number of aromatic nitrogens is 2. The average Bonchev–Trinajstić information content (AvgIpc) is 2.96. The van der Waals surface area contributed by atoms with Crippen molar-refractivity contribution < 1.29 is 14.4 Å². The molecule has 1 aliphatic rings. The third-order valence-corrected chi connectivity index (χ3v) is 2.95. The molecule has 4 amide bonds. The van der Waals surface area contributed by atoms with E-state index in [1.165, 1.54) is 0 Å². The van der Waals surface area contributed by atoms with Gasteiger partial charge in [-0.2, -0.15) is 5.10 Å². The maximum absolute atomic E-state index is 11.7. The van der Waals surface area contributed by atoms with Gasteiger partial charge in [-0.25, -0.2) is 4.79 Å². The van der Waals surface area contributed by atoms with Crippen LogP contribution in [0.2, 0.25) is 0 Å². The van der Waals surface area contributed by atoms with Gasteiger partial charge in [0.15, 0.2) is 0 Å². The molecule has 1 aliphatic heterocycles. The largest absolute Gasteiger partial charge is 0.352 e. The Hall–Kier alpha value is -2.38. The summed E-state index contributed by atoms with van der Waals surface area (Å²) >= 11 is 0. The topological polar surface area (TPSA) is 105 Å². The minimum Gasteiger partial charge on any atom is -0.352 e. The molecule has 0 spiro atoms. The Kier molecular flexibility index (Phi) is 4.34. The molecule has 2 rings (SSSR count). The highest BCUT2D eigenvalue weighted by atomic mass is 16.2. The van der Waals surface area contributed by atoms with Crippen molar-refractivity contribution in [2.45, 2.75) is 38.4 Å². The van der Waals surface area contributed by atoms with Crippen LogP contribution < -0.4 is 16.0 Å². The Balaban J connectivity index is 1.70. The van der Waals surface area contributed by atoms with Gasteiger partial charge in [-0.3, -0.25) is 19.6 Å². The molecule has 108 valence electrons. The Morgan fingerprint density at radius 3 is 2.95 bits per heavy atom. The maximum atomic E-state index is 11.7. The standard InChI is InChI=1S/C12H17N5O3/c1-8(7-17-6-2-5-13-17)14-10(18)4-3-9-11(19)16-12(20)15-9/h2,5-6,8-9H,3-4,7H2,1H3,(H,14,18)(H2,15,16,19,20)/t8-,9+/m1/s1. The third kappa shape index (κ3) is 3.81. The van der Waals surface area contributed by atoms with Crippen LogP contribution in [-0.2, 0) is 16.1 Å². The summed E-state index contributed by atoms with van der Waals surface area (Å²) in [6.45, 7) is 2.46. The van der Waals surface area contributed by atoms with Gasteiger partial charge in [0.2, 0.25) is 5.91 Å². The summed E-state index contributed by atoms with van der Waals surface area (Å²) in [6.07, 6.45) is 3.97. The second-order valence-electron chi connectivity index (χ2n) is 4.75. The smallest absolute Gasteiger partial charge is 0.322 e. The average molecular weight is 279 g/mol. The van der Waals surface area contributed by atoms with Crippen molar-refractivity contribution in [1.29, 1.82) is 0 Å². The molecule has 1 fully saturated rings. The summed E-state index contributed by atoms with van der Waals surface area (Å²) in [5, 5.41) is 11.5.